The lowest BCUT2D eigenvalue weighted by atomic mass is 9.83. The summed E-state index contributed by atoms with van der Waals surface area (Å²) in [6, 6.07) is 4.44. The second-order valence-corrected chi connectivity index (χ2v) is 3.62. The van der Waals surface area contributed by atoms with E-state index in [0.717, 1.165) is 12.8 Å². The van der Waals surface area contributed by atoms with E-state index in [0.29, 0.717) is 5.92 Å². The Morgan fingerprint density at radius 3 is 2.17 bits per heavy atom. The lowest BCUT2D eigenvalue weighted by Crippen LogP contribution is -2.16. The lowest BCUT2D eigenvalue weighted by Gasteiger charge is -2.17. The highest BCUT2D eigenvalue weighted by molar-refractivity contribution is 5.00. The number of hydrogen-bond donors (Lipinski definition) is 0. The van der Waals surface area contributed by atoms with Crippen LogP contribution < -0.4 is 0 Å². The summed E-state index contributed by atoms with van der Waals surface area (Å²) in [5, 5.41) is 17.6. The number of rotatable bonds is 2. The van der Waals surface area contributed by atoms with E-state index in [-0.39, 0.29) is 11.8 Å². The van der Waals surface area contributed by atoms with Crippen molar-refractivity contribution in [3.8, 4) is 12.1 Å². The number of nitriles is 2. The Hall–Kier alpha value is -1.02. The highest BCUT2D eigenvalue weighted by atomic mass is 14.4. The summed E-state index contributed by atoms with van der Waals surface area (Å²) in [5.41, 5.74) is 0. The summed E-state index contributed by atoms with van der Waals surface area (Å²) in [5.74, 6) is 0.361. The van der Waals surface area contributed by atoms with Crippen LogP contribution in [-0.2, 0) is 0 Å². The van der Waals surface area contributed by atoms with Gasteiger partial charge in [-0.15, -0.1) is 0 Å². The predicted molar refractivity (Wildman–Crippen MR) is 45.8 cm³/mol. The fourth-order valence-electron chi connectivity index (χ4n) is 2.02. The summed E-state index contributed by atoms with van der Waals surface area (Å²) >= 11 is 0. The SMILES string of the molecule is CC(C#N)C(C#N)C1CCCC1. The summed E-state index contributed by atoms with van der Waals surface area (Å²) < 4.78 is 0. The first-order valence-corrected chi connectivity index (χ1v) is 4.59. The minimum atomic E-state index is -0.0990. The van der Waals surface area contributed by atoms with Gasteiger partial charge >= 0.3 is 0 Å². The molecular weight excluding hydrogens is 148 g/mol. The van der Waals surface area contributed by atoms with Crippen molar-refractivity contribution in [1.29, 1.82) is 10.5 Å². The molecule has 2 nitrogen and oxygen atoms in total. The Morgan fingerprint density at radius 2 is 1.75 bits per heavy atom. The molecule has 2 atom stereocenters. The summed E-state index contributed by atoms with van der Waals surface area (Å²) in [7, 11) is 0. The molecule has 0 radical (unpaired) electrons. The molecule has 1 rings (SSSR count). The molecule has 0 amide bonds. The van der Waals surface area contributed by atoms with E-state index in [9.17, 15) is 0 Å². The van der Waals surface area contributed by atoms with Gasteiger partial charge in [0.1, 0.15) is 0 Å². The van der Waals surface area contributed by atoms with Crippen molar-refractivity contribution in [3.05, 3.63) is 0 Å². The Morgan fingerprint density at radius 1 is 1.17 bits per heavy atom. The molecule has 0 heterocycles. The fraction of sp³-hybridized carbons (Fsp3) is 0.800. The zero-order chi connectivity index (χ0) is 8.97. The standard InChI is InChI=1S/C10H14N2/c1-8(6-11)10(7-12)9-4-2-3-5-9/h8-10H,2-5H2,1H3. The molecule has 1 aliphatic rings. The second kappa shape index (κ2) is 4.12. The molecule has 1 saturated carbocycles. The van der Waals surface area contributed by atoms with Crippen LogP contribution in [0.4, 0.5) is 0 Å². The normalized spacial score (nSPS) is 22.6. The van der Waals surface area contributed by atoms with Crippen molar-refractivity contribution in [2.24, 2.45) is 17.8 Å². The summed E-state index contributed by atoms with van der Waals surface area (Å²) in [6.45, 7) is 1.85. The molecule has 2 unspecified atom stereocenters. The van der Waals surface area contributed by atoms with Gasteiger partial charge in [-0.05, 0) is 25.7 Å². The zero-order valence-electron chi connectivity index (χ0n) is 7.45. The van der Waals surface area contributed by atoms with E-state index in [1.807, 2.05) is 6.92 Å². The Kier molecular flexibility index (Phi) is 3.11. The molecule has 0 spiro atoms. The first-order chi connectivity index (χ1) is 5.79. The van der Waals surface area contributed by atoms with Crippen LogP contribution in [0.2, 0.25) is 0 Å². The minimum Gasteiger partial charge on any atom is -0.198 e. The van der Waals surface area contributed by atoms with Gasteiger partial charge in [0.2, 0.25) is 0 Å². The van der Waals surface area contributed by atoms with Crippen molar-refractivity contribution in [2.75, 3.05) is 0 Å². The first kappa shape index (κ1) is 9.07. The molecule has 2 heteroatoms. The van der Waals surface area contributed by atoms with E-state index in [2.05, 4.69) is 12.1 Å². The molecule has 0 saturated heterocycles. The number of nitrogens with zero attached hydrogens (tertiary/aromatic N) is 2. The third-order valence-electron chi connectivity index (χ3n) is 2.80. The molecule has 0 aliphatic heterocycles. The maximum Gasteiger partial charge on any atom is 0.0672 e. The van der Waals surface area contributed by atoms with Crippen LogP contribution in [0.3, 0.4) is 0 Å². The van der Waals surface area contributed by atoms with E-state index in [1.54, 1.807) is 0 Å². The van der Waals surface area contributed by atoms with Crippen molar-refractivity contribution < 1.29 is 0 Å². The van der Waals surface area contributed by atoms with Crippen LogP contribution in [0.1, 0.15) is 32.6 Å². The van der Waals surface area contributed by atoms with Crippen molar-refractivity contribution in [1.82, 2.24) is 0 Å². The largest absolute Gasteiger partial charge is 0.198 e. The summed E-state index contributed by atoms with van der Waals surface area (Å²) in [6.07, 6.45) is 4.76. The van der Waals surface area contributed by atoms with Gasteiger partial charge in [-0.25, -0.2) is 0 Å². The molecule has 1 aliphatic carbocycles. The Labute approximate surface area is 73.8 Å². The van der Waals surface area contributed by atoms with Gasteiger partial charge in [0.15, 0.2) is 0 Å². The van der Waals surface area contributed by atoms with Crippen LogP contribution in [0.25, 0.3) is 0 Å². The van der Waals surface area contributed by atoms with Crippen LogP contribution in [0, 0.1) is 40.4 Å². The monoisotopic (exact) mass is 162 g/mol. The van der Waals surface area contributed by atoms with Crippen LogP contribution >= 0.6 is 0 Å². The van der Waals surface area contributed by atoms with Gasteiger partial charge in [-0.2, -0.15) is 10.5 Å². The molecule has 0 N–H and O–H groups in total. The Balaban J connectivity index is 2.57. The molecule has 64 valence electrons. The van der Waals surface area contributed by atoms with Crippen LogP contribution in [0.15, 0.2) is 0 Å². The molecule has 1 fully saturated rings. The van der Waals surface area contributed by atoms with Gasteiger partial charge in [0.05, 0.1) is 24.0 Å². The van der Waals surface area contributed by atoms with Crippen LogP contribution in [-0.4, -0.2) is 0 Å². The fourth-order valence-corrected chi connectivity index (χ4v) is 2.02. The molecule has 0 bridgehead atoms. The topological polar surface area (TPSA) is 47.6 Å². The van der Waals surface area contributed by atoms with Crippen molar-refractivity contribution in [3.63, 3.8) is 0 Å². The van der Waals surface area contributed by atoms with Gasteiger partial charge in [0.25, 0.3) is 0 Å². The van der Waals surface area contributed by atoms with Gasteiger partial charge in [-0.3, -0.25) is 0 Å². The molecule has 12 heavy (non-hydrogen) atoms. The molecule has 0 aromatic heterocycles. The van der Waals surface area contributed by atoms with Gasteiger partial charge < -0.3 is 0 Å². The van der Waals surface area contributed by atoms with E-state index in [1.165, 1.54) is 12.8 Å². The van der Waals surface area contributed by atoms with E-state index in [4.69, 9.17) is 10.5 Å². The molecule has 0 aromatic carbocycles. The van der Waals surface area contributed by atoms with Crippen molar-refractivity contribution >= 4 is 0 Å². The highest BCUT2D eigenvalue weighted by Gasteiger charge is 2.28. The second-order valence-electron chi connectivity index (χ2n) is 3.62. The average Bonchev–Trinajstić information content (AvgIpc) is 2.58. The number of hydrogen-bond acceptors (Lipinski definition) is 2. The smallest absolute Gasteiger partial charge is 0.0672 e. The maximum atomic E-state index is 8.89. The van der Waals surface area contributed by atoms with Crippen LogP contribution in [0.5, 0.6) is 0 Å². The highest BCUT2D eigenvalue weighted by Crippen LogP contribution is 2.34. The molecular formula is C10H14N2. The zero-order valence-corrected chi connectivity index (χ0v) is 7.45. The predicted octanol–water partition coefficient (Wildman–Crippen LogP) is 2.48. The quantitative estimate of drug-likeness (QED) is 0.626. The first-order valence-electron chi connectivity index (χ1n) is 4.59. The third-order valence-corrected chi connectivity index (χ3v) is 2.80. The lowest BCUT2D eigenvalue weighted by molar-refractivity contribution is 0.355. The van der Waals surface area contributed by atoms with Gasteiger partial charge in [0, 0.05) is 0 Å². The average molecular weight is 162 g/mol. The summed E-state index contributed by atoms with van der Waals surface area (Å²) in [4.78, 5) is 0. The minimum absolute atomic E-state index is 0.0301. The Bertz CT molecular complexity index is 215. The maximum absolute atomic E-state index is 8.89. The van der Waals surface area contributed by atoms with Crippen molar-refractivity contribution in [2.45, 2.75) is 32.6 Å². The van der Waals surface area contributed by atoms with E-state index >= 15 is 0 Å². The third kappa shape index (κ3) is 1.77. The van der Waals surface area contributed by atoms with E-state index < -0.39 is 0 Å². The molecule has 0 aromatic rings. The van der Waals surface area contributed by atoms with Gasteiger partial charge in [-0.1, -0.05) is 12.8 Å².